The average molecular weight is 350 g/mol. The molecule has 1 rings (SSSR count). The number of rotatable bonds is 4. The second-order valence-electron chi connectivity index (χ2n) is 7.25. The molecule has 0 aromatic heterocycles. The van der Waals surface area contributed by atoms with Gasteiger partial charge < -0.3 is 16.0 Å². The van der Waals surface area contributed by atoms with Gasteiger partial charge in [-0.2, -0.15) is 13.2 Å². The third-order valence-electron chi connectivity index (χ3n) is 4.09. The van der Waals surface area contributed by atoms with Gasteiger partial charge in [0.05, 0.1) is 5.92 Å². The topological polar surface area (TPSA) is 65.5 Å². The van der Waals surface area contributed by atoms with Gasteiger partial charge in [-0.25, -0.2) is 0 Å². The maximum Gasteiger partial charge on any atom is 0.391 e. The average Bonchev–Trinajstić information content (AvgIpc) is 2.48. The Hall–Kier alpha value is -1.47. The van der Waals surface area contributed by atoms with Gasteiger partial charge in [-0.05, 0) is 19.3 Å². The smallest absolute Gasteiger partial charge is 0.355 e. The number of aliphatic imine (C=N–C) groups is 1. The molecule has 0 aliphatic heterocycles. The third-order valence-corrected chi connectivity index (χ3v) is 4.09. The highest BCUT2D eigenvalue weighted by molar-refractivity contribution is 5.82. The SMILES string of the molecule is CN=C(NCCNC(=O)C(C)(C)C)NC1CCCC(C(F)(F)F)C1. The first kappa shape index (κ1) is 20.6. The predicted octanol–water partition coefficient (Wildman–Crippen LogP) is 2.43. The van der Waals surface area contributed by atoms with Crippen molar-refractivity contribution in [2.75, 3.05) is 20.1 Å². The first-order chi connectivity index (χ1) is 11.0. The normalized spacial score (nSPS) is 22.9. The molecular weight excluding hydrogens is 321 g/mol. The standard InChI is InChI=1S/C16H29F3N4O/c1-15(2,3)13(24)21-8-9-22-14(20-4)23-12-7-5-6-11(10-12)16(17,18)19/h11-12H,5-10H2,1-4H3,(H,21,24)(H2,20,22,23). The van der Waals surface area contributed by atoms with Gasteiger partial charge in [0.25, 0.3) is 0 Å². The number of nitrogens with one attached hydrogen (secondary N) is 3. The lowest BCUT2D eigenvalue weighted by Gasteiger charge is -2.31. The van der Waals surface area contributed by atoms with Crippen LogP contribution in [0.2, 0.25) is 0 Å². The van der Waals surface area contributed by atoms with Crippen molar-refractivity contribution < 1.29 is 18.0 Å². The Labute approximate surface area is 141 Å². The molecule has 1 fully saturated rings. The summed E-state index contributed by atoms with van der Waals surface area (Å²) in [5, 5.41) is 8.87. The number of carbonyl (C=O) groups is 1. The summed E-state index contributed by atoms with van der Waals surface area (Å²) in [4.78, 5) is 15.8. The van der Waals surface area contributed by atoms with Gasteiger partial charge in [-0.1, -0.05) is 27.2 Å². The van der Waals surface area contributed by atoms with Crippen molar-refractivity contribution in [1.82, 2.24) is 16.0 Å². The van der Waals surface area contributed by atoms with E-state index in [1.54, 1.807) is 7.05 Å². The van der Waals surface area contributed by atoms with E-state index in [9.17, 15) is 18.0 Å². The Morgan fingerprint density at radius 3 is 2.29 bits per heavy atom. The summed E-state index contributed by atoms with van der Waals surface area (Å²) in [5.41, 5.74) is -0.450. The minimum Gasteiger partial charge on any atom is -0.355 e. The van der Waals surface area contributed by atoms with E-state index >= 15 is 0 Å². The summed E-state index contributed by atoms with van der Waals surface area (Å²) in [6.07, 6.45) is -2.60. The molecule has 5 nitrogen and oxygen atoms in total. The lowest BCUT2D eigenvalue weighted by molar-refractivity contribution is -0.183. The molecule has 3 N–H and O–H groups in total. The minimum absolute atomic E-state index is 0.0486. The summed E-state index contributed by atoms with van der Waals surface area (Å²) >= 11 is 0. The van der Waals surface area contributed by atoms with Gasteiger partial charge in [0, 0.05) is 31.6 Å². The van der Waals surface area contributed by atoms with E-state index in [1.165, 1.54) is 0 Å². The number of nitrogens with zero attached hydrogens (tertiary/aromatic N) is 1. The van der Waals surface area contributed by atoms with Crippen molar-refractivity contribution in [2.24, 2.45) is 16.3 Å². The molecule has 0 spiro atoms. The van der Waals surface area contributed by atoms with Gasteiger partial charge in [0.15, 0.2) is 5.96 Å². The number of halogens is 3. The van der Waals surface area contributed by atoms with Crippen molar-refractivity contribution >= 4 is 11.9 Å². The molecular formula is C16H29F3N4O. The molecule has 140 valence electrons. The van der Waals surface area contributed by atoms with Crippen LogP contribution in [0.25, 0.3) is 0 Å². The fourth-order valence-electron chi connectivity index (χ4n) is 2.63. The van der Waals surface area contributed by atoms with Crippen molar-refractivity contribution in [3.8, 4) is 0 Å². The molecule has 2 atom stereocenters. The first-order valence-corrected chi connectivity index (χ1v) is 8.36. The van der Waals surface area contributed by atoms with Crippen molar-refractivity contribution in [2.45, 2.75) is 58.7 Å². The Balaban J connectivity index is 2.36. The number of carbonyl (C=O) groups excluding carboxylic acids is 1. The highest BCUT2D eigenvalue weighted by Crippen LogP contribution is 2.37. The van der Waals surface area contributed by atoms with Crippen LogP contribution >= 0.6 is 0 Å². The summed E-state index contributed by atoms with van der Waals surface area (Å²) in [7, 11) is 1.58. The lowest BCUT2D eigenvalue weighted by atomic mass is 9.85. The van der Waals surface area contributed by atoms with E-state index in [2.05, 4.69) is 20.9 Å². The molecule has 0 aromatic rings. The van der Waals surface area contributed by atoms with Gasteiger partial charge >= 0.3 is 6.18 Å². The van der Waals surface area contributed by atoms with Crippen LogP contribution in [0.15, 0.2) is 4.99 Å². The molecule has 2 unspecified atom stereocenters. The van der Waals surface area contributed by atoms with Crippen LogP contribution in [0.4, 0.5) is 13.2 Å². The maximum atomic E-state index is 12.8. The van der Waals surface area contributed by atoms with Crippen LogP contribution in [0.3, 0.4) is 0 Å². The molecule has 8 heteroatoms. The second-order valence-corrected chi connectivity index (χ2v) is 7.25. The van der Waals surface area contributed by atoms with Crippen molar-refractivity contribution in [1.29, 1.82) is 0 Å². The molecule has 0 radical (unpaired) electrons. The fraction of sp³-hybridized carbons (Fsp3) is 0.875. The molecule has 24 heavy (non-hydrogen) atoms. The summed E-state index contributed by atoms with van der Waals surface area (Å²) in [6, 6.07) is -0.235. The van der Waals surface area contributed by atoms with E-state index in [4.69, 9.17) is 0 Å². The number of amides is 1. The van der Waals surface area contributed by atoms with E-state index in [1.807, 2.05) is 20.8 Å². The van der Waals surface area contributed by atoms with Crippen LogP contribution < -0.4 is 16.0 Å². The molecule has 1 saturated carbocycles. The molecule has 0 aromatic carbocycles. The van der Waals surface area contributed by atoms with Crippen LogP contribution in [0.1, 0.15) is 46.5 Å². The monoisotopic (exact) mass is 350 g/mol. The van der Waals surface area contributed by atoms with E-state index in [0.29, 0.717) is 31.9 Å². The number of hydrogen-bond acceptors (Lipinski definition) is 2. The molecule has 0 saturated heterocycles. The quantitative estimate of drug-likeness (QED) is 0.414. The molecule has 1 aliphatic carbocycles. The van der Waals surface area contributed by atoms with Gasteiger partial charge in [0.2, 0.25) is 5.91 Å². The summed E-state index contributed by atoms with van der Waals surface area (Å²) in [5.74, 6) is -0.826. The minimum atomic E-state index is -4.13. The Morgan fingerprint density at radius 2 is 1.75 bits per heavy atom. The first-order valence-electron chi connectivity index (χ1n) is 8.36. The highest BCUT2D eigenvalue weighted by Gasteiger charge is 2.42. The largest absolute Gasteiger partial charge is 0.391 e. The van der Waals surface area contributed by atoms with E-state index < -0.39 is 17.5 Å². The molecule has 1 amide bonds. The number of alkyl halides is 3. The Kier molecular flexibility index (Phi) is 7.35. The van der Waals surface area contributed by atoms with E-state index in [0.717, 1.165) is 0 Å². The molecule has 0 heterocycles. The highest BCUT2D eigenvalue weighted by atomic mass is 19.4. The zero-order valence-corrected chi connectivity index (χ0v) is 14.9. The van der Waals surface area contributed by atoms with Crippen LogP contribution in [-0.2, 0) is 4.79 Å². The van der Waals surface area contributed by atoms with Crippen LogP contribution in [0, 0.1) is 11.3 Å². The zero-order valence-electron chi connectivity index (χ0n) is 14.9. The number of guanidine groups is 1. The maximum absolute atomic E-state index is 12.8. The summed E-state index contributed by atoms with van der Waals surface area (Å²) < 4.78 is 38.5. The zero-order chi connectivity index (χ0) is 18.4. The second kappa shape index (κ2) is 8.58. The van der Waals surface area contributed by atoms with Gasteiger partial charge in [-0.3, -0.25) is 9.79 Å². The van der Waals surface area contributed by atoms with Gasteiger partial charge in [0.1, 0.15) is 0 Å². The van der Waals surface area contributed by atoms with Crippen molar-refractivity contribution in [3.05, 3.63) is 0 Å². The van der Waals surface area contributed by atoms with Crippen molar-refractivity contribution in [3.63, 3.8) is 0 Å². The van der Waals surface area contributed by atoms with Gasteiger partial charge in [-0.15, -0.1) is 0 Å². The third kappa shape index (κ3) is 6.97. The summed E-state index contributed by atoms with van der Waals surface area (Å²) in [6.45, 7) is 6.37. The Bertz CT molecular complexity index is 444. The lowest BCUT2D eigenvalue weighted by Crippen LogP contribution is -2.48. The molecule has 1 aliphatic rings. The fourth-order valence-corrected chi connectivity index (χ4v) is 2.63. The van der Waals surface area contributed by atoms with Crippen LogP contribution in [-0.4, -0.2) is 44.2 Å². The predicted molar refractivity (Wildman–Crippen MR) is 88.8 cm³/mol. The van der Waals surface area contributed by atoms with Crippen LogP contribution in [0.5, 0.6) is 0 Å². The Morgan fingerprint density at radius 1 is 1.12 bits per heavy atom. The van der Waals surface area contributed by atoms with E-state index in [-0.39, 0.29) is 24.8 Å². The number of hydrogen-bond donors (Lipinski definition) is 3. The molecule has 0 bridgehead atoms.